The minimum absolute atomic E-state index is 0.0114. The van der Waals surface area contributed by atoms with Crippen LogP contribution in [0.4, 0.5) is 0 Å². The fourth-order valence-corrected chi connectivity index (χ4v) is 4.68. The monoisotopic (exact) mass is 637 g/mol. The van der Waals surface area contributed by atoms with E-state index in [-0.39, 0.29) is 39.6 Å². The summed E-state index contributed by atoms with van der Waals surface area (Å²) in [5.74, 6) is 1.33. The van der Waals surface area contributed by atoms with Crippen molar-refractivity contribution in [3.63, 3.8) is 0 Å². The van der Waals surface area contributed by atoms with Crippen LogP contribution in [0.2, 0.25) is 0 Å². The van der Waals surface area contributed by atoms with E-state index < -0.39 is 68.0 Å². The predicted molar refractivity (Wildman–Crippen MR) is 144 cm³/mol. The Kier molecular flexibility index (Phi) is 14.7. The van der Waals surface area contributed by atoms with Crippen molar-refractivity contribution < 1.29 is 77.9 Å². The van der Waals surface area contributed by atoms with Crippen LogP contribution < -0.4 is 15.2 Å². The zero-order valence-corrected chi connectivity index (χ0v) is 24.4. The Morgan fingerprint density at radius 1 is 0.705 bits per heavy atom. The zero-order valence-electron chi connectivity index (χ0n) is 24.4. The number of ether oxygens (including phenoxy) is 8. The average molecular weight is 638 g/mol. The maximum atomic E-state index is 10.6. The molecule has 17 nitrogen and oxygen atoms in total. The van der Waals surface area contributed by atoms with Crippen LogP contribution in [-0.2, 0) is 48.0 Å². The van der Waals surface area contributed by atoms with Crippen LogP contribution in [0.15, 0.2) is 24.3 Å². The summed E-state index contributed by atoms with van der Waals surface area (Å²) in [6.45, 7) is 0.734. The Morgan fingerprint density at radius 3 is 1.80 bits per heavy atom. The number of fused-ring (bicyclic) bond motifs is 16. The van der Waals surface area contributed by atoms with Gasteiger partial charge in [0.1, 0.15) is 74.6 Å². The summed E-state index contributed by atoms with van der Waals surface area (Å²) in [6.07, 6.45) is -13.1. The second-order valence-corrected chi connectivity index (χ2v) is 9.97. The van der Waals surface area contributed by atoms with Crippen molar-refractivity contribution >= 4 is 0 Å². The zero-order chi connectivity index (χ0) is 31.3. The summed E-state index contributed by atoms with van der Waals surface area (Å²) in [4.78, 5) is 22.2. The van der Waals surface area contributed by atoms with Crippen molar-refractivity contribution in [1.29, 1.82) is 0 Å². The van der Waals surface area contributed by atoms with Crippen LogP contribution in [0.1, 0.15) is 0 Å². The molecule has 2 fully saturated rings. The minimum Gasteiger partial charge on any atom is -0.491 e. The van der Waals surface area contributed by atoms with E-state index in [0.29, 0.717) is 31.3 Å². The maximum absolute atomic E-state index is 10.6. The highest BCUT2D eigenvalue weighted by Crippen LogP contribution is 2.32. The number of aliphatic hydroxyl groups is 4. The first-order chi connectivity index (χ1) is 21.5. The standard InChI is InChI=1S/C27H43NO16/c1-33-27-25-24(23(18(14-28)40-27)42-26-22(32)21(31)20(30)19(15-29)41-26)43-38-12-8-34-6-10-36-16-2-4-17(5-3-16)37-11-7-35-9-13-39-44-25/h2-5,18-27,29-32H,6-15,28H2,1H3/t18-,19-,20-,21+,22-,23-,24+,25-,26+,27+/m1/s1. The molecule has 10 atom stereocenters. The first-order valence-corrected chi connectivity index (χ1v) is 14.4. The topological polar surface area (TPSA) is 218 Å². The lowest BCUT2D eigenvalue weighted by atomic mass is 9.96. The number of aliphatic hydroxyl groups excluding tert-OH is 4. The molecule has 0 aliphatic carbocycles. The third kappa shape index (κ3) is 9.61. The Hall–Kier alpha value is -1.78. The molecule has 1 aromatic carbocycles. The molecular weight excluding hydrogens is 594 g/mol. The van der Waals surface area contributed by atoms with Gasteiger partial charge in [0.2, 0.25) is 0 Å². The van der Waals surface area contributed by atoms with Crippen molar-refractivity contribution in [1.82, 2.24) is 0 Å². The lowest BCUT2D eigenvalue weighted by Crippen LogP contribution is -2.66. The fraction of sp³-hybridized carbons (Fsp3) is 0.778. The molecule has 0 radical (unpaired) electrons. The maximum Gasteiger partial charge on any atom is 0.189 e. The molecular formula is C27H43NO16. The number of rotatable bonds is 5. The van der Waals surface area contributed by atoms with Crippen molar-refractivity contribution in [3.05, 3.63) is 24.3 Å². The molecule has 4 aliphatic rings. The molecule has 2 bridgehead atoms. The van der Waals surface area contributed by atoms with Gasteiger partial charge in [0.15, 0.2) is 24.8 Å². The van der Waals surface area contributed by atoms with E-state index in [1.54, 1.807) is 24.3 Å². The van der Waals surface area contributed by atoms with Gasteiger partial charge in [0.25, 0.3) is 0 Å². The van der Waals surface area contributed by atoms with Gasteiger partial charge in [-0.05, 0) is 24.3 Å². The summed E-state index contributed by atoms with van der Waals surface area (Å²) in [5, 5.41) is 40.6. The molecule has 252 valence electrons. The van der Waals surface area contributed by atoms with Crippen LogP contribution in [0.3, 0.4) is 0 Å². The highest BCUT2D eigenvalue weighted by atomic mass is 17.2. The van der Waals surface area contributed by atoms with E-state index in [0.717, 1.165) is 0 Å². The van der Waals surface area contributed by atoms with Crippen molar-refractivity contribution in [2.45, 2.75) is 61.4 Å². The Balaban J connectivity index is 1.45. The average Bonchev–Trinajstić information content (AvgIpc) is 3.04. The van der Waals surface area contributed by atoms with E-state index in [9.17, 15) is 20.4 Å². The SMILES string of the molecule is CO[C@H]1O[C@H](CN)[C@@H](O[C@@H]2O[C@H](CO)[C@@H](O)[C@H](O)[C@H]2O)[C@@H]2OOCCOCCOc3ccc(cc3)OCCOCCOO[C@@H]12. The highest BCUT2D eigenvalue weighted by Gasteiger charge is 2.53. The van der Waals surface area contributed by atoms with Crippen LogP contribution >= 0.6 is 0 Å². The van der Waals surface area contributed by atoms with Gasteiger partial charge in [-0.3, -0.25) is 0 Å². The molecule has 17 heteroatoms. The van der Waals surface area contributed by atoms with Crippen LogP contribution in [0.5, 0.6) is 11.5 Å². The normalized spacial score (nSPS) is 37.0. The van der Waals surface area contributed by atoms with Crippen molar-refractivity contribution in [2.75, 3.05) is 73.1 Å². The summed E-state index contributed by atoms with van der Waals surface area (Å²) < 4.78 is 45.4. The lowest BCUT2D eigenvalue weighted by Gasteiger charge is -2.47. The first-order valence-electron chi connectivity index (χ1n) is 14.4. The van der Waals surface area contributed by atoms with Gasteiger partial charge in [-0.2, -0.15) is 0 Å². The Morgan fingerprint density at radius 2 is 1.25 bits per heavy atom. The number of hydrogen-bond acceptors (Lipinski definition) is 17. The smallest absolute Gasteiger partial charge is 0.189 e. The molecule has 0 saturated carbocycles. The van der Waals surface area contributed by atoms with Crippen molar-refractivity contribution in [2.24, 2.45) is 5.73 Å². The van der Waals surface area contributed by atoms with E-state index in [1.165, 1.54) is 7.11 Å². The summed E-state index contributed by atoms with van der Waals surface area (Å²) in [5.41, 5.74) is 5.98. The number of hydrogen-bond donors (Lipinski definition) is 5. The highest BCUT2D eigenvalue weighted by molar-refractivity contribution is 5.31. The Labute approximate surface area is 254 Å². The van der Waals surface area contributed by atoms with Crippen LogP contribution in [-0.4, -0.2) is 155 Å². The molecule has 44 heavy (non-hydrogen) atoms. The van der Waals surface area contributed by atoms with Crippen LogP contribution in [0, 0.1) is 0 Å². The fourth-order valence-electron chi connectivity index (χ4n) is 4.68. The summed E-state index contributed by atoms with van der Waals surface area (Å²) in [6, 6.07) is 7.17. The van der Waals surface area contributed by atoms with Gasteiger partial charge >= 0.3 is 0 Å². The van der Waals surface area contributed by atoms with E-state index in [4.69, 9.17) is 63.2 Å². The minimum atomic E-state index is -1.70. The van der Waals surface area contributed by atoms with Gasteiger partial charge in [0, 0.05) is 13.7 Å². The van der Waals surface area contributed by atoms with E-state index in [2.05, 4.69) is 0 Å². The third-order valence-corrected chi connectivity index (χ3v) is 6.99. The molecule has 0 spiro atoms. The molecule has 0 unspecified atom stereocenters. The molecule has 0 amide bonds. The second-order valence-electron chi connectivity index (χ2n) is 9.97. The van der Waals surface area contributed by atoms with E-state index in [1.807, 2.05) is 0 Å². The predicted octanol–water partition coefficient (Wildman–Crippen LogP) is -2.36. The molecule has 2 saturated heterocycles. The number of methoxy groups -OCH3 is 1. The van der Waals surface area contributed by atoms with Gasteiger partial charge in [-0.15, -0.1) is 0 Å². The van der Waals surface area contributed by atoms with Crippen LogP contribution in [0.25, 0.3) is 0 Å². The first kappa shape index (κ1) is 35.1. The van der Waals surface area contributed by atoms with Gasteiger partial charge < -0.3 is 64.1 Å². The largest absolute Gasteiger partial charge is 0.491 e. The number of nitrogens with two attached hydrogens (primary N) is 1. The quantitative estimate of drug-likeness (QED) is 0.168. The summed E-state index contributed by atoms with van der Waals surface area (Å²) in [7, 11) is 1.38. The number of benzene rings is 1. The Bertz CT molecular complexity index is 928. The molecule has 0 aromatic heterocycles. The second kappa shape index (κ2) is 18.4. The van der Waals surface area contributed by atoms with Crippen molar-refractivity contribution in [3.8, 4) is 11.5 Å². The molecule has 5 rings (SSSR count). The molecule has 4 aliphatic heterocycles. The molecule has 6 N–H and O–H groups in total. The summed E-state index contributed by atoms with van der Waals surface area (Å²) >= 11 is 0. The van der Waals surface area contributed by atoms with Gasteiger partial charge in [0.05, 0.1) is 33.0 Å². The van der Waals surface area contributed by atoms with E-state index >= 15 is 0 Å². The van der Waals surface area contributed by atoms with Gasteiger partial charge in [-0.25, -0.2) is 19.6 Å². The van der Waals surface area contributed by atoms with Gasteiger partial charge in [-0.1, -0.05) is 0 Å². The lowest BCUT2D eigenvalue weighted by molar-refractivity contribution is -0.458. The molecule has 1 aromatic rings. The third-order valence-electron chi connectivity index (χ3n) is 6.99. The molecule has 4 heterocycles.